The van der Waals surface area contributed by atoms with Crippen LogP contribution in [-0.4, -0.2) is 103 Å². The van der Waals surface area contributed by atoms with Gasteiger partial charge in [0.05, 0.1) is 0 Å². The van der Waals surface area contributed by atoms with Gasteiger partial charge >= 0.3 is 12.1 Å². The van der Waals surface area contributed by atoms with Crippen molar-refractivity contribution in [2.24, 2.45) is 0 Å². The second-order valence-electron chi connectivity index (χ2n) is 12.3. The predicted molar refractivity (Wildman–Crippen MR) is 164 cm³/mol. The quantitative estimate of drug-likeness (QED) is 0.550. The van der Waals surface area contributed by atoms with E-state index in [-0.39, 0.29) is 18.0 Å². The van der Waals surface area contributed by atoms with Gasteiger partial charge in [-0.15, -0.1) is 0 Å². The lowest BCUT2D eigenvalue weighted by Gasteiger charge is -2.39. The van der Waals surface area contributed by atoms with Crippen molar-refractivity contribution in [3.63, 3.8) is 0 Å². The summed E-state index contributed by atoms with van der Waals surface area (Å²) in [6.45, 7) is 7.02. The third-order valence-electron chi connectivity index (χ3n) is 9.03. The molecule has 9 heteroatoms. The van der Waals surface area contributed by atoms with Crippen molar-refractivity contribution < 1.29 is 19.1 Å². The van der Waals surface area contributed by atoms with Crippen LogP contribution in [0.3, 0.4) is 0 Å². The number of likely N-dealkylation sites (tertiary alicyclic amines) is 2. The molecule has 0 unspecified atom stereocenters. The lowest BCUT2D eigenvalue weighted by atomic mass is 10.00. The first-order chi connectivity index (χ1) is 20.2. The van der Waals surface area contributed by atoms with Gasteiger partial charge in [-0.3, -0.25) is 4.79 Å². The highest BCUT2D eigenvalue weighted by Crippen LogP contribution is 2.25. The fourth-order valence-corrected chi connectivity index (χ4v) is 6.68. The van der Waals surface area contributed by atoms with E-state index >= 15 is 0 Å². The van der Waals surface area contributed by atoms with Crippen LogP contribution < -0.4 is 5.32 Å². The monoisotopic (exact) mass is 575 g/mol. The van der Waals surface area contributed by atoms with Crippen LogP contribution in [-0.2, 0) is 22.4 Å². The molecule has 2 fully saturated rings. The number of hydrogen-bond acceptors (Lipinski definition) is 5. The number of carbonyl (C=O) groups is 3. The third-order valence-corrected chi connectivity index (χ3v) is 9.03. The molecule has 0 spiro atoms. The number of rotatable bonds is 6. The summed E-state index contributed by atoms with van der Waals surface area (Å²) in [5.74, 6) is -0.115. The highest BCUT2D eigenvalue weighted by atomic mass is 16.6. The summed E-state index contributed by atoms with van der Waals surface area (Å²) in [6, 6.07) is 14.6. The van der Waals surface area contributed by atoms with Crippen molar-refractivity contribution in [3.05, 3.63) is 64.7 Å². The number of hydrogen-bond donors (Lipinski definition) is 1. The molecular formula is C33H45N5O4. The Labute approximate surface area is 249 Å². The van der Waals surface area contributed by atoms with E-state index in [1.54, 1.807) is 4.90 Å². The summed E-state index contributed by atoms with van der Waals surface area (Å²) in [7, 11) is 4.16. The summed E-state index contributed by atoms with van der Waals surface area (Å²) in [5.41, 5.74) is 5.25. The summed E-state index contributed by atoms with van der Waals surface area (Å²) >= 11 is 0. The molecule has 0 aromatic heterocycles. The predicted octanol–water partition coefficient (Wildman–Crippen LogP) is 4.46. The molecule has 2 aromatic rings. The smallest absolute Gasteiger partial charge is 0.410 e. The molecule has 4 amide bonds. The van der Waals surface area contributed by atoms with Crippen LogP contribution in [0.25, 0.3) is 0 Å². The Morgan fingerprint density at radius 3 is 2.24 bits per heavy atom. The van der Waals surface area contributed by atoms with Gasteiger partial charge < -0.3 is 29.7 Å². The molecule has 9 nitrogen and oxygen atoms in total. The molecule has 5 rings (SSSR count). The van der Waals surface area contributed by atoms with Crippen LogP contribution in [0.4, 0.5) is 15.3 Å². The van der Waals surface area contributed by atoms with Gasteiger partial charge in [0.25, 0.3) is 5.91 Å². The highest BCUT2D eigenvalue weighted by Gasteiger charge is 2.35. The first-order valence-electron chi connectivity index (χ1n) is 15.3. The number of urea groups is 1. The van der Waals surface area contributed by atoms with Gasteiger partial charge in [-0.25, -0.2) is 9.59 Å². The first kappa shape index (κ1) is 29.9. The maximum Gasteiger partial charge on any atom is 0.410 e. The lowest BCUT2D eigenvalue weighted by Crippen LogP contribution is -2.52. The Hall–Kier alpha value is -3.59. The first-order valence-corrected chi connectivity index (χ1v) is 15.3. The van der Waals surface area contributed by atoms with Crippen molar-refractivity contribution in [3.8, 4) is 0 Å². The minimum Gasteiger partial charge on any atom is -0.436 e. The molecule has 1 atom stereocenters. The molecule has 2 aromatic carbocycles. The Kier molecular flexibility index (Phi) is 9.36. The largest absolute Gasteiger partial charge is 0.436 e. The van der Waals surface area contributed by atoms with Crippen molar-refractivity contribution in [1.29, 1.82) is 0 Å². The summed E-state index contributed by atoms with van der Waals surface area (Å²) in [6.07, 6.45) is 2.99. The minimum atomic E-state index is -0.873. The number of aryl methyl sites for hydroxylation is 2. The molecule has 3 aliphatic rings. The van der Waals surface area contributed by atoms with Gasteiger partial charge in [0.15, 0.2) is 6.10 Å². The van der Waals surface area contributed by atoms with Gasteiger partial charge in [0, 0.05) is 56.9 Å². The average Bonchev–Trinajstić information content (AvgIpc) is 3.14. The zero-order valence-electron chi connectivity index (χ0n) is 25.5. The van der Waals surface area contributed by atoms with Crippen LogP contribution in [0.15, 0.2) is 42.5 Å². The lowest BCUT2D eigenvalue weighted by molar-refractivity contribution is -0.142. The normalized spacial score (nSPS) is 19.3. The van der Waals surface area contributed by atoms with Crippen LogP contribution in [0, 0.1) is 13.8 Å². The van der Waals surface area contributed by atoms with Crippen molar-refractivity contribution in [1.82, 2.24) is 19.6 Å². The van der Waals surface area contributed by atoms with Crippen LogP contribution in [0.1, 0.15) is 47.9 Å². The van der Waals surface area contributed by atoms with E-state index in [0.717, 1.165) is 47.2 Å². The minimum absolute atomic E-state index is 0.0500. The maximum absolute atomic E-state index is 13.8. The number of benzene rings is 2. The fraction of sp³-hybridized carbons (Fsp3) is 0.545. The van der Waals surface area contributed by atoms with E-state index in [9.17, 15) is 14.4 Å². The van der Waals surface area contributed by atoms with Crippen molar-refractivity contribution in [2.45, 2.75) is 70.6 Å². The molecule has 3 aliphatic heterocycles. The molecule has 0 radical (unpaired) electrons. The van der Waals surface area contributed by atoms with E-state index in [4.69, 9.17) is 4.74 Å². The van der Waals surface area contributed by atoms with E-state index in [1.165, 1.54) is 0 Å². The number of nitrogens with zero attached hydrogens (tertiary/aromatic N) is 4. The number of piperidine rings is 2. The number of fused-ring (bicyclic) bond motifs is 1. The number of amides is 4. The average molecular weight is 576 g/mol. The third kappa shape index (κ3) is 7.06. The Bertz CT molecular complexity index is 1260. The molecule has 1 N–H and O–H groups in total. The molecule has 2 saturated heterocycles. The molecule has 0 bridgehead atoms. The number of carbonyl (C=O) groups excluding carboxylic acids is 3. The van der Waals surface area contributed by atoms with E-state index in [2.05, 4.69) is 48.6 Å². The van der Waals surface area contributed by atoms with Crippen molar-refractivity contribution in [2.75, 3.05) is 52.1 Å². The Morgan fingerprint density at radius 2 is 1.57 bits per heavy atom. The van der Waals surface area contributed by atoms with Crippen LogP contribution >= 0.6 is 0 Å². The van der Waals surface area contributed by atoms with Crippen LogP contribution in [0.5, 0.6) is 0 Å². The Balaban J connectivity index is 1.22. The molecule has 0 aliphatic carbocycles. The topological polar surface area (TPSA) is 85.4 Å². The van der Waals surface area contributed by atoms with E-state index in [1.807, 2.05) is 41.8 Å². The number of anilines is 1. The zero-order chi connectivity index (χ0) is 29.8. The highest BCUT2D eigenvalue weighted by molar-refractivity contribution is 5.91. The number of para-hydroxylation sites is 1. The van der Waals surface area contributed by atoms with Gasteiger partial charge in [0.1, 0.15) is 0 Å². The molecule has 3 heterocycles. The van der Waals surface area contributed by atoms with E-state index in [0.29, 0.717) is 58.0 Å². The summed E-state index contributed by atoms with van der Waals surface area (Å²) in [4.78, 5) is 47.9. The van der Waals surface area contributed by atoms with Crippen LogP contribution in [0.2, 0.25) is 0 Å². The Morgan fingerprint density at radius 1 is 0.929 bits per heavy atom. The molecule has 0 saturated carbocycles. The maximum atomic E-state index is 13.8. The zero-order valence-corrected chi connectivity index (χ0v) is 25.5. The van der Waals surface area contributed by atoms with Gasteiger partial charge in [0.2, 0.25) is 0 Å². The van der Waals surface area contributed by atoms with Gasteiger partial charge in [-0.1, -0.05) is 47.5 Å². The second kappa shape index (κ2) is 13.2. The van der Waals surface area contributed by atoms with Gasteiger partial charge in [-0.05, 0) is 77.2 Å². The standard InChI is InChI=1S/C33H45N5O4/c1-23-19-24(2)21-25(20-23)22-30(31(39)36-14-10-27(11-15-36)35(3)4)42-33(41)37-16-12-28(13-17-37)38-18-9-26-7-5-6-8-29(26)34-32(38)40/h5-8,19-21,27-28,30H,9-18,22H2,1-4H3,(H,34,40)/t30-/m1/s1. The molecule has 42 heavy (non-hydrogen) atoms. The second-order valence-corrected chi connectivity index (χ2v) is 12.3. The summed E-state index contributed by atoms with van der Waals surface area (Å²) < 4.78 is 6.02. The molecular weight excluding hydrogens is 530 g/mol. The SMILES string of the molecule is Cc1cc(C)cc(C[C@@H](OC(=O)N2CCC(N3CCc4ccccc4NC3=O)CC2)C(=O)N2CCC(N(C)C)CC2)c1. The number of nitrogens with one attached hydrogen (secondary N) is 1. The van der Waals surface area contributed by atoms with E-state index < -0.39 is 12.2 Å². The molecule has 226 valence electrons. The summed E-state index contributed by atoms with van der Waals surface area (Å²) in [5, 5.41) is 3.05. The van der Waals surface area contributed by atoms with Crippen molar-refractivity contribution >= 4 is 23.7 Å². The number of ether oxygens (including phenoxy) is 1. The fourth-order valence-electron chi connectivity index (χ4n) is 6.68. The van der Waals surface area contributed by atoms with Gasteiger partial charge in [-0.2, -0.15) is 0 Å².